The van der Waals surface area contributed by atoms with E-state index in [4.69, 9.17) is 5.73 Å². The molecule has 10 heteroatoms. The maximum atomic E-state index is 12.6. The second-order valence-electron chi connectivity index (χ2n) is 4.91. The number of carbonyl (C=O) groups is 1. The fourth-order valence-corrected chi connectivity index (χ4v) is 2.05. The van der Waals surface area contributed by atoms with Gasteiger partial charge >= 0.3 is 6.18 Å². The molecule has 0 bridgehead atoms. The first kappa shape index (κ1) is 15.7. The molecule has 0 aliphatic carbocycles. The van der Waals surface area contributed by atoms with Crippen molar-refractivity contribution in [2.75, 3.05) is 11.9 Å². The van der Waals surface area contributed by atoms with E-state index in [0.717, 1.165) is 12.1 Å². The lowest BCUT2D eigenvalue weighted by Gasteiger charge is -2.07. The minimum Gasteiger partial charge on any atom is -0.368 e. The van der Waals surface area contributed by atoms with Crippen LogP contribution in [0.3, 0.4) is 0 Å². The van der Waals surface area contributed by atoms with Crippen LogP contribution in [0.15, 0.2) is 36.4 Å². The van der Waals surface area contributed by atoms with E-state index in [9.17, 15) is 18.0 Å². The Labute approximate surface area is 133 Å². The van der Waals surface area contributed by atoms with Crippen LogP contribution in [-0.4, -0.2) is 32.3 Å². The van der Waals surface area contributed by atoms with Crippen LogP contribution in [0.4, 0.5) is 19.0 Å². The molecule has 3 N–H and O–H groups in total. The van der Waals surface area contributed by atoms with Gasteiger partial charge in [-0.1, -0.05) is 12.1 Å². The molecule has 1 aromatic carbocycles. The highest BCUT2D eigenvalue weighted by Gasteiger charge is 2.30. The number of fused-ring (bicyclic) bond motifs is 1. The van der Waals surface area contributed by atoms with Crippen LogP contribution < -0.4 is 11.1 Å². The van der Waals surface area contributed by atoms with Gasteiger partial charge in [-0.05, 0) is 24.3 Å². The Kier molecular flexibility index (Phi) is 3.80. The van der Waals surface area contributed by atoms with Crippen molar-refractivity contribution < 1.29 is 18.0 Å². The maximum absolute atomic E-state index is 12.6. The predicted molar refractivity (Wildman–Crippen MR) is 78.9 cm³/mol. The quantitative estimate of drug-likeness (QED) is 0.756. The first-order chi connectivity index (χ1) is 11.3. The Bertz CT molecular complexity index is 888. The molecule has 7 nitrogen and oxygen atoms in total. The molecule has 24 heavy (non-hydrogen) atoms. The number of nitrogens with two attached hydrogens (primary N) is 1. The number of amides is 1. The summed E-state index contributed by atoms with van der Waals surface area (Å²) >= 11 is 0. The summed E-state index contributed by atoms with van der Waals surface area (Å²) in [4.78, 5) is 10.8. The standard InChI is InChI=1S/C14H11F3N6O/c15-14(16,17)9-3-1-8(2-4-9)13-21-20-12-6-5-11(22-23(12)13)19-7-10(18)24/h1-6H,7H2,(H2,18,24)(H,19,22). The monoisotopic (exact) mass is 336 g/mol. The first-order valence-electron chi connectivity index (χ1n) is 6.77. The molecule has 124 valence electrons. The van der Waals surface area contributed by atoms with Gasteiger partial charge < -0.3 is 11.1 Å². The maximum Gasteiger partial charge on any atom is 0.416 e. The van der Waals surface area contributed by atoms with Gasteiger partial charge in [0.1, 0.15) is 5.82 Å². The van der Waals surface area contributed by atoms with E-state index in [0.29, 0.717) is 17.0 Å². The summed E-state index contributed by atoms with van der Waals surface area (Å²) in [5.74, 6) is 0.0827. The smallest absolute Gasteiger partial charge is 0.368 e. The topological polar surface area (TPSA) is 98.2 Å². The number of benzene rings is 1. The summed E-state index contributed by atoms with van der Waals surface area (Å²) in [5, 5.41) is 14.8. The predicted octanol–water partition coefficient (Wildman–Crippen LogP) is 1.71. The number of primary amides is 1. The molecule has 2 heterocycles. The van der Waals surface area contributed by atoms with Crippen LogP contribution in [-0.2, 0) is 11.0 Å². The van der Waals surface area contributed by atoms with Crippen molar-refractivity contribution in [2.24, 2.45) is 5.73 Å². The molecule has 1 amide bonds. The van der Waals surface area contributed by atoms with Crippen LogP contribution in [0.25, 0.3) is 17.0 Å². The Balaban J connectivity index is 1.97. The number of halogens is 3. The van der Waals surface area contributed by atoms with Crippen molar-refractivity contribution in [3.63, 3.8) is 0 Å². The van der Waals surface area contributed by atoms with Gasteiger partial charge in [0.15, 0.2) is 11.5 Å². The van der Waals surface area contributed by atoms with Gasteiger partial charge in [0.2, 0.25) is 5.91 Å². The van der Waals surface area contributed by atoms with Crippen molar-refractivity contribution in [1.82, 2.24) is 19.8 Å². The van der Waals surface area contributed by atoms with E-state index in [1.807, 2.05) is 0 Å². The molecule has 0 fully saturated rings. The van der Waals surface area contributed by atoms with E-state index in [2.05, 4.69) is 20.6 Å². The third kappa shape index (κ3) is 3.12. The van der Waals surface area contributed by atoms with Crippen molar-refractivity contribution >= 4 is 17.4 Å². The molecule has 3 rings (SSSR count). The number of alkyl halides is 3. The van der Waals surface area contributed by atoms with Gasteiger partial charge in [-0.3, -0.25) is 4.79 Å². The number of anilines is 1. The number of hydrogen-bond acceptors (Lipinski definition) is 5. The third-order valence-corrected chi connectivity index (χ3v) is 3.18. The average Bonchev–Trinajstić information content (AvgIpc) is 2.95. The van der Waals surface area contributed by atoms with E-state index in [1.165, 1.54) is 16.6 Å². The zero-order valence-electron chi connectivity index (χ0n) is 12.1. The molecule has 3 aromatic rings. The minimum absolute atomic E-state index is 0.101. The van der Waals surface area contributed by atoms with Crippen molar-refractivity contribution in [2.45, 2.75) is 6.18 Å². The highest BCUT2D eigenvalue weighted by atomic mass is 19.4. The van der Waals surface area contributed by atoms with Crippen molar-refractivity contribution in [1.29, 1.82) is 0 Å². The lowest BCUT2D eigenvalue weighted by molar-refractivity contribution is -0.137. The molecular formula is C14H11F3N6O. The number of carbonyl (C=O) groups excluding carboxylic acids is 1. The largest absolute Gasteiger partial charge is 0.416 e. The molecule has 0 saturated heterocycles. The zero-order valence-corrected chi connectivity index (χ0v) is 12.1. The van der Waals surface area contributed by atoms with E-state index >= 15 is 0 Å². The molecule has 0 aliphatic rings. The van der Waals surface area contributed by atoms with Gasteiger partial charge in [-0.2, -0.15) is 17.7 Å². The summed E-state index contributed by atoms with van der Waals surface area (Å²) in [7, 11) is 0. The third-order valence-electron chi connectivity index (χ3n) is 3.18. The lowest BCUT2D eigenvalue weighted by Crippen LogP contribution is -2.22. The molecule has 0 atom stereocenters. The fraction of sp³-hybridized carbons (Fsp3) is 0.143. The Hall–Kier alpha value is -3.17. The second-order valence-corrected chi connectivity index (χ2v) is 4.91. The van der Waals surface area contributed by atoms with Gasteiger partial charge in [-0.25, -0.2) is 0 Å². The summed E-state index contributed by atoms with van der Waals surface area (Å²) < 4.78 is 39.2. The number of nitrogens with one attached hydrogen (secondary N) is 1. The number of hydrogen-bond donors (Lipinski definition) is 2. The molecule has 0 spiro atoms. The lowest BCUT2D eigenvalue weighted by atomic mass is 10.1. The van der Waals surface area contributed by atoms with Crippen LogP contribution in [0.2, 0.25) is 0 Å². The minimum atomic E-state index is -4.41. The first-order valence-corrected chi connectivity index (χ1v) is 6.77. The van der Waals surface area contributed by atoms with Crippen LogP contribution in [0.1, 0.15) is 5.56 Å². The van der Waals surface area contributed by atoms with E-state index in [-0.39, 0.29) is 12.4 Å². The SMILES string of the molecule is NC(=O)CNc1ccc2nnc(-c3ccc(C(F)(F)F)cc3)n2n1. The van der Waals surface area contributed by atoms with E-state index in [1.54, 1.807) is 12.1 Å². The molecule has 0 unspecified atom stereocenters. The zero-order chi connectivity index (χ0) is 17.3. The molecular weight excluding hydrogens is 325 g/mol. The molecule has 0 saturated carbocycles. The summed E-state index contributed by atoms with van der Waals surface area (Å²) in [5.41, 5.74) is 5.14. The molecule has 2 aromatic heterocycles. The van der Waals surface area contributed by atoms with Crippen molar-refractivity contribution in [3.05, 3.63) is 42.0 Å². The second kappa shape index (κ2) is 5.80. The van der Waals surface area contributed by atoms with Gasteiger partial charge in [-0.15, -0.1) is 15.3 Å². The van der Waals surface area contributed by atoms with Gasteiger partial charge in [0, 0.05) is 5.56 Å². The summed E-state index contributed by atoms with van der Waals surface area (Å²) in [6.07, 6.45) is -4.41. The molecule has 0 radical (unpaired) electrons. The average molecular weight is 336 g/mol. The Morgan fingerprint density at radius 1 is 1.12 bits per heavy atom. The van der Waals surface area contributed by atoms with Crippen LogP contribution in [0.5, 0.6) is 0 Å². The Morgan fingerprint density at radius 2 is 1.83 bits per heavy atom. The molecule has 0 aliphatic heterocycles. The van der Waals surface area contributed by atoms with Gasteiger partial charge in [0.25, 0.3) is 0 Å². The summed E-state index contributed by atoms with van der Waals surface area (Å²) in [6, 6.07) is 7.71. The van der Waals surface area contributed by atoms with Crippen molar-refractivity contribution in [3.8, 4) is 11.4 Å². The fourth-order valence-electron chi connectivity index (χ4n) is 2.05. The highest BCUT2D eigenvalue weighted by Crippen LogP contribution is 2.30. The number of rotatable bonds is 4. The number of nitrogens with zero attached hydrogens (tertiary/aromatic N) is 4. The van der Waals surface area contributed by atoms with E-state index < -0.39 is 17.6 Å². The van der Waals surface area contributed by atoms with Gasteiger partial charge in [0.05, 0.1) is 12.1 Å². The summed E-state index contributed by atoms with van der Waals surface area (Å²) in [6.45, 7) is -0.101. The Morgan fingerprint density at radius 3 is 2.46 bits per heavy atom. The highest BCUT2D eigenvalue weighted by molar-refractivity contribution is 5.78. The van der Waals surface area contributed by atoms with Crippen LogP contribution in [0, 0.1) is 0 Å². The van der Waals surface area contributed by atoms with Crippen LogP contribution >= 0.6 is 0 Å². The normalized spacial score (nSPS) is 11.6. The number of aromatic nitrogens is 4.